The van der Waals surface area contributed by atoms with Crippen LogP contribution in [0.4, 0.5) is 4.79 Å². The third-order valence-electron chi connectivity index (χ3n) is 4.98. The molecule has 1 aliphatic rings. The minimum absolute atomic E-state index is 0.0410. The molecule has 2 aromatic carbocycles. The lowest BCUT2D eigenvalue weighted by molar-refractivity contribution is -0.125. The predicted molar refractivity (Wildman–Crippen MR) is 115 cm³/mol. The van der Waals surface area contributed by atoms with Crippen LogP contribution < -0.4 is 0 Å². The van der Waals surface area contributed by atoms with Gasteiger partial charge in [0.25, 0.3) is 5.91 Å². The predicted octanol–water partition coefficient (Wildman–Crippen LogP) is 5.05. The van der Waals surface area contributed by atoms with Crippen LogP contribution in [0.5, 0.6) is 0 Å². The number of nitrogens with zero attached hydrogens (tertiary/aromatic N) is 1. The molecule has 0 spiro atoms. The largest absolute Gasteiger partial charge is 0.443 e. The molecule has 0 aromatic heterocycles. The fourth-order valence-corrected chi connectivity index (χ4v) is 3.52. The smallest absolute Gasteiger partial charge is 0.417 e. The summed E-state index contributed by atoms with van der Waals surface area (Å²) < 4.78 is 5.45. The molecule has 0 N–H and O–H groups in total. The van der Waals surface area contributed by atoms with E-state index in [2.05, 4.69) is 0 Å². The fraction of sp³-hybridized carbons (Fsp3) is 0.320. The Morgan fingerprint density at radius 1 is 1.03 bits per heavy atom. The van der Waals surface area contributed by atoms with Gasteiger partial charge in [-0.15, -0.1) is 0 Å². The lowest BCUT2D eigenvalue weighted by Crippen LogP contribution is -2.45. The van der Waals surface area contributed by atoms with Crippen LogP contribution in [0.1, 0.15) is 54.6 Å². The van der Waals surface area contributed by atoms with E-state index in [-0.39, 0.29) is 18.1 Å². The lowest BCUT2D eigenvalue weighted by Gasteiger charge is -2.32. The zero-order chi connectivity index (χ0) is 21.9. The van der Waals surface area contributed by atoms with E-state index in [0.29, 0.717) is 5.56 Å². The molecule has 3 rings (SSSR count). The van der Waals surface area contributed by atoms with Crippen molar-refractivity contribution >= 4 is 17.8 Å². The Morgan fingerprint density at radius 2 is 1.67 bits per heavy atom. The standard InChI is InChI=1S/C25H27NO4/c1-17-10-12-19(13-11-17)22(27)16-20(18-8-6-5-7-9-18)21-14-15-23(28)26(21)24(29)30-25(2,3)4/h5-15,20-21H,16H2,1-4H3/t20-,21+/m1/s1. The zero-order valence-electron chi connectivity index (χ0n) is 17.8. The van der Waals surface area contributed by atoms with Gasteiger partial charge in [-0.25, -0.2) is 9.69 Å². The van der Waals surface area contributed by atoms with E-state index in [4.69, 9.17) is 4.74 Å². The molecule has 1 aliphatic heterocycles. The number of carbonyl (C=O) groups excluding carboxylic acids is 3. The molecule has 156 valence electrons. The lowest BCUT2D eigenvalue weighted by atomic mass is 9.85. The number of hydrogen-bond donors (Lipinski definition) is 0. The third-order valence-corrected chi connectivity index (χ3v) is 4.98. The molecule has 2 atom stereocenters. The van der Waals surface area contributed by atoms with Gasteiger partial charge in [0.1, 0.15) is 5.60 Å². The Morgan fingerprint density at radius 3 is 2.27 bits per heavy atom. The second kappa shape index (κ2) is 8.66. The van der Waals surface area contributed by atoms with Gasteiger partial charge in [-0.05, 0) is 33.3 Å². The van der Waals surface area contributed by atoms with E-state index in [1.165, 1.54) is 6.08 Å². The summed E-state index contributed by atoms with van der Waals surface area (Å²) in [6.45, 7) is 7.23. The highest BCUT2D eigenvalue weighted by Gasteiger charge is 2.40. The summed E-state index contributed by atoms with van der Waals surface area (Å²) in [5.41, 5.74) is 1.84. The summed E-state index contributed by atoms with van der Waals surface area (Å²) >= 11 is 0. The molecule has 5 nitrogen and oxygen atoms in total. The number of carbonyl (C=O) groups is 3. The molecule has 0 saturated carbocycles. The number of aryl methyl sites for hydroxylation is 1. The number of imide groups is 1. The van der Waals surface area contributed by atoms with Crippen molar-refractivity contribution in [2.45, 2.75) is 51.7 Å². The van der Waals surface area contributed by atoms with E-state index in [0.717, 1.165) is 16.0 Å². The van der Waals surface area contributed by atoms with Gasteiger partial charge in [0, 0.05) is 24.0 Å². The molecule has 0 saturated heterocycles. The van der Waals surface area contributed by atoms with Gasteiger partial charge in [-0.1, -0.05) is 66.2 Å². The molecule has 30 heavy (non-hydrogen) atoms. The van der Waals surface area contributed by atoms with Crippen LogP contribution in [0.15, 0.2) is 66.7 Å². The summed E-state index contributed by atoms with van der Waals surface area (Å²) in [4.78, 5) is 39.4. The number of benzene rings is 2. The van der Waals surface area contributed by atoms with Crippen LogP contribution in [0.25, 0.3) is 0 Å². The normalized spacial score (nSPS) is 17.1. The molecular weight excluding hydrogens is 378 g/mol. The van der Waals surface area contributed by atoms with Crippen molar-refractivity contribution in [1.29, 1.82) is 0 Å². The Kier molecular flexibility index (Phi) is 6.20. The van der Waals surface area contributed by atoms with E-state index in [9.17, 15) is 14.4 Å². The van der Waals surface area contributed by atoms with Gasteiger partial charge >= 0.3 is 6.09 Å². The van der Waals surface area contributed by atoms with Gasteiger partial charge in [-0.2, -0.15) is 0 Å². The van der Waals surface area contributed by atoms with Gasteiger partial charge in [-0.3, -0.25) is 9.59 Å². The Labute approximate surface area is 177 Å². The zero-order valence-corrected chi connectivity index (χ0v) is 17.8. The molecular formula is C25H27NO4. The second-order valence-corrected chi connectivity index (χ2v) is 8.55. The summed E-state index contributed by atoms with van der Waals surface area (Å²) in [5, 5.41) is 0. The van der Waals surface area contributed by atoms with Gasteiger partial charge in [0.15, 0.2) is 5.78 Å². The average molecular weight is 405 g/mol. The second-order valence-electron chi connectivity index (χ2n) is 8.55. The highest BCUT2D eigenvalue weighted by molar-refractivity contribution is 6.02. The maximum atomic E-state index is 13.0. The Hall–Kier alpha value is -3.21. The molecule has 0 aliphatic carbocycles. The number of Topliss-reactive ketones (excluding diaryl/α,β-unsaturated/α-hetero) is 1. The van der Waals surface area contributed by atoms with Crippen molar-refractivity contribution in [2.24, 2.45) is 0 Å². The molecule has 2 amide bonds. The molecule has 1 heterocycles. The quantitative estimate of drug-likeness (QED) is 0.653. The van der Waals surface area contributed by atoms with Crippen molar-refractivity contribution in [3.63, 3.8) is 0 Å². The maximum absolute atomic E-state index is 13.0. The Bertz CT molecular complexity index is 955. The number of hydrogen-bond acceptors (Lipinski definition) is 4. The first-order valence-corrected chi connectivity index (χ1v) is 10.0. The Balaban J connectivity index is 1.92. The van der Waals surface area contributed by atoms with Crippen LogP contribution in [-0.2, 0) is 9.53 Å². The van der Waals surface area contributed by atoms with Crippen molar-refractivity contribution < 1.29 is 19.1 Å². The van der Waals surface area contributed by atoms with E-state index in [1.54, 1.807) is 39.0 Å². The van der Waals surface area contributed by atoms with Crippen molar-refractivity contribution in [1.82, 2.24) is 4.90 Å². The number of ether oxygens (including phenoxy) is 1. The molecule has 2 aromatic rings. The molecule has 0 bridgehead atoms. The molecule has 0 radical (unpaired) electrons. The van der Waals surface area contributed by atoms with Crippen LogP contribution in [-0.4, -0.2) is 34.3 Å². The van der Waals surface area contributed by atoms with E-state index in [1.807, 2.05) is 49.4 Å². The van der Waals surface area contributed by atoms with Crippen LogP contribution in [0.3, 0.4) is 0 Å². The van der Waals surface area contributed by atoms with Crippen LogP contribution in [0.2, 0.25) is 0 Å². The topological polar surface area (TPSA) is 63.7 Å². The van der Waals surface area contributed by atoms with Crippen molar-refractivity contribution in [2.75, 3.05) is 0 Å². The summed E-state index contributed by atoms with van der Waals surface area (Å²) in [6.07, 6.45) is 2.52. The average Bonchev–Trinajstić information content (AvgIpc) is 3.07. The summed E-state index contributed by atoms with van der Waals surface area (Å²) in [6, 6.07) is 16.3. The van der Waals surface area contributed by atoms with Gasteiger partial charge < -0.3 is 4.74 Å². The third kappa shape index (κ3) is 5.03. The fourth-order valence-electron chi connectivity index (χ4n) is 3.52. The van der Waals surface area contributed by atoms with Gasteiger partial charge in [0.05, 0.1) is 6.04 Å². The van der Waals surface area contributed by atoms with E-state index >= 15 is 0 Å². The number of ketones is 1. The minimum Gasteiger partial charge on any atom is -0.443 e. The maximum Gasteiger partial charge on any atom is 0.417 e. The first-order chi connectivity index (χ1) is 14.2. The molecule has 5 heteroatoms. The monoisotopic (exact) mass is 405 g/mol. The van der Waals surface area contributed by atoms with Crippen molar-refractivity contribution in [3.8, 4) is 0 Å². The van der Waals surface area contributed by atoms with E-state index < -0.39 is 23.6 Å². The summed E-state index contributed by atoms with van der Waals surface area (Å²) in [7, 11) is 0. The first-order valence-electron chi connectivity index (χ1n) is 10.0. The molecule has 0 fully saturated rings. The minimum atomic E-state index is -0.732. The number of rotatable bonds is 5. The highest BCUT2D eigenvalue weighted by Crippen LogP contribution is 2.33. The van der Waals surface area contributed by atoms with Crippen molar-refractivity contribution in [3.05, 3.63) is 83.4 Å². The molecule has 0 unspecified atom stereocenters. The SMILES string of the molecule is Cc1ccc(C(=O)C[C@H](c2ccccc2)[C@@H]2C=CC(=O)N2C(=O)OC(C)(C)C)cc1. The summed E-state index contributed by atoms with van der Waals surface area (Å²) in [5.74, 6) is -0.853. The van der Waals surface area contributed by atoms with Crippen LogP contribution >= 0.6 is 0 Å². The van der Waals surface area contributed by atoms with Crippen LogP contribution in [0, 0.1) is 6.92 Å². The number of amides is 2. The van der Waals surface area contributed by atoms with Gasteiger partial charge in [0.2, 0.25) is 0 Å². The highest BCUT2D eigenvalue weighted by atomic mass is 16.6. The first kappa shape index (κ1) is 21.5.